The van der Waals surface area contributed by atoms with Crippen LogP contribution in [0.25, 0.3) is 0 Å². The van der Waals surface area contributed by atoms with E-state index >= 15 is 0 Å². The predicted octanol–water partition coefficient (Wildman–Crippen LogP) is 1.28. The average Bonchev–Trinajstić information content (AvgIpc) is 2.63. The van der Waals surface area contributed by atoms with Crippen LogP contribution in [0.1, 0.15) is 12.0 Å². The molecule has 1 unspecified atom stereocenters. The van der Waals surface area contributed by atoms with E-state index in [0.717, 1.165) is 5.56 Å². The molecule has 0 bridgehead atoms. The molecule has 1 saturated heterocycles. The summed E-state index contributed by atoms with van der Waals surface area (Å²) in [7, 11) is 0. The molecule has 1 atom stereocenters. The second-order valence-electron chi connectivity index (χ2n) is 4.12. The van der Waals surface area contributed by atoms with Crippen molar-refractivity contribution < 1.29 is 4.79 Å². The Balaban J connectivity index is 2.34. The van der Waals surface area contributed by atoms with Crippen LogP contribution in [0, 0.1) is 12.8 Å². The van der Waals surface area contributed by atoms with Gasteiger partial charge in [0.05, 0.1) is 0 Å². The second kappa shape index (κ2) is 4.29. The molecule has 1 aromatic heterocycles. The van der Waals surface area contributed by atoms with Gasteiger partial charge in [0, 0.05) is 25.0 Å². The maximum absolute atomic E-state index is 11.7. The molecule has 0 saturated carbocycles. The van der Waals surface area contributed by atoms with Gasteiger partial charge >= 0.3 is 0 Å². The topological polar surface area (TPSA) is 53.2 Å². The number of H-pyrrole nitrogens is 1. The summed E-state index contributed by atoms with van der Waals surface area (Å²) in [5, 5.41) is 0. The number of pyridine rings is 1. The number of rotatable bonds is 2. The van der Waals surface area contributed by atoms with Gasteiger partial charge in [-0.25, -0.2) is 0 Å². The summed E-state index contributed by atoms with van der Waals surface area (Å²) in [5.41, 5.74) is 1.13. The van der Waals surface area contributed by atoms with Gasteiger partial charge in [-0.2, -0.15) is 0 Å². The van der Waals surface area contributed by atoms with Gasteiger partial charge in [-0.05, 0) is 24.5 Å². The zero-order chi connectivity index (χ0) is 11.7. The maximum atomic E-state index is 11.7. The van der Waals surface area contributed by atoms with E-state index in [1.807, 2.05) is 6.92 Å². The molecule has 2 heterocycles. The largest absolute Gasteiger partial charge is 0.327 e. The first-order chi connectivity index (χ1) is 7.61. The lowest BCUT2D eigenvalue weighted by Crippen LogP contribution is -2.30. The third-order valence-electron chi connectivity index (χ3n) is 2.74. The SMILES string of the molecule is Cc1c[nH]c(=O)c(N2CC(CCl)CC2=O)c1. The van der Waals surface area contributed by atoms with Crippen LogP contribution in [0.2, 0.25) is 0 Å². The summed E-state index contributed by atoms with van der Waals surface area (Å²) in [6.07, 6.45) is 2.06. The van der Waals surface area contributed by atoms with Crippen molar-refractivity contribution in [2.24, 2.45) is 5.92 Å². The first-order valence-corrected chi connectivity index (χ1v) is 5.71. The molecule has 0 aromatic carbocycles. The average molecular weight is 241 g/mol. The van der Waals surface area contributed by atoms with Crippen LogP contribution < -0.4 is 10.5 Å². The Labute approximate surface area is 98.2 Å². The zero-order valence-electron chi connectivity index (χ0n) is 9.00. The molecule has 1 aromatic rings. The number of carbonyl (C=O) groups excluding carboxylic acids is 1. The smallest absolute Gasteiger partial charge is 0.271 e. The predicted molar refractivity (Wildman–Crippen MR) is 63.0 cm³/mol. The van der Waals surface area contributed by atoms with Gasteiger partial charge < -0.3 is 9.88 Å². The molecule has 0 aliphatic carbocycles. The number of carbonyl (C=O) groups is 1. The molecule has 86 valence electrons. The highest BCUT2D eigenvalue weighted by Gasteiger charge is 2.31. The van der Waals surface area contributed by atoms with Gasteiger partial charge in [0.1, 0.15) is 5.69 Å². The number of aromatic amines is 1. The Morgan fingerprint density at radius 3 is 2.94 bits per heavy atom. The van der Waals surface area contributed by atoms with E-state index in [2.05, 4.69) is 4.98 Å². The van der Waals surface area contributed by atoms with Crippen LogP contribution >= 0.6 is 11.6 Å². The van der Waals surface area contributed by atoms with Crippen molar-refractivity contribution in [2.45, 2.75) is 13.3 Å². The van der Waals surface area contributed by atoms with Crippen molar-refractivity contribution in [3.63, 3.8) is 0 Å². The molecule has 1 aliphatic heterocycles. The fourth-order valence-corrected chi connectivity index (χ4v) is 2.10. The normalized spacial score (nSPS) is 20.5. The van der Waals surface area contributed by atoms with Crippen LogP contribution in [0.4, 0.5) is 5.69 Å². The molecule has 0 radical (unpaired) electrons. The lowest BCUT2D eigenvalue weighted by molar-refractivity contribution is -0.117. The van der Waals surface area contributed by atoms with E-state index in [1.54, 1.807) is 12.3 Å². The van der Waals surface area contributed by atoms with Crippen LogP contribution in [0.5, 0.6) is 0 Å². The Morgan fingerprint density at radius 2 is 2.31 bits per heavy atom. The Bertz CT molecular complexity index is 469. The summed E-state index contributed by atoms with van der Waals surface area (Å²) in [4.78, 5) is 27.5. The van der Waals surface area contributed by atoms with E-state index < -0.39 is 0 Å². The minimum atomic E-state index is -0.228. The number of amides is 1. The molecule has 1 fully saturated rings. The summed E-state index contributed by atoms with van der Waals surface area (Å²) in [5.74, 6) is 0.571. The van der Waals surface area contributed by atoms with E-state index in [0.29, 0.717) is 24.5 Å². The summed E-state index contributed by atoms with van der Waals surface area (Å²) in [6.45, 7) is 2.41. The molecule has 2 rings (SSSR count). The minimum absolute atomic E-state index is 0.0262. The number of nitrogens with zero attached hydrogens (tertiary/aromatic N) is 1. The van der Waals surface area contributed by atoms with Crippen molar-refractivity contribution in [1.29, 1.82) is 0 Å². The Kier molecular flexibility index (Phi) is 3.01. The third kappa shape index (κ3) is 1.97. The van der Waals surface area contributed by atoms with Crippen LogP contribution in [-0.4, -0.2) is 23.3 Å². The molecule has 5 heteroatoms. The molecule has 1 aliphatic rings. The highest BCUT2D eigenvalue weighted by Crippen LogP contribution is 2.23. The number of aryl methyl sites for hydroxylation is 1. The van der Waals surface area contributed by atoms with Crippen molar-refractivity contribution >= 4 is 23.2 Å². The molecular formula is C11H13ClN2O2. The number of nitrogens with one attached hydrogen (secondary N) is 1. The molecule has 16 heavy (non-hydrogen) atoms. The van der Waals surface area contributed by atoms with E-state index in [4.69, 9.17) is 11.6 Å². The van der Waals surface area contributed by atoms with Crippen LogP contribution in [-0.2, 0) is 4.79 Å². The quantitative estimate of drug-likeness (QED) is 0.792. The number of aromatic nitrogens is 1. The molecule has 1 amide bonds. The lowest BCUT2D eigenvalue weighted by atomic mass is 10.1. The molecular weight excluding hydrogens is 228 g/mol. The monoisotopic (exact) mass is 240 g/mol. The van der Waals surface area contributed by atoms with Crippen molar-refractivity contribution in [2.75, 3.05) is 17.3 Å². The minimum Gasteiger partial charge on any atom is -0.327 e. The van der Waals surface area contributed by atoms with E-state index in [-0.39, 0.29) is 17.4 Å². The number of alkyl halides is 1. The second-order valence-corrected chi connectivity index (χ2v) is 4.43. The summed E-state index contributed by atoms with van der Waals surface area (Å²) >= 11 is 5.73. The standard InChI is InChI=1S/C11H13ClN2O2/c1-7-2-9(11(16)13-5-7)14-6-8(4-12)3-10(14)15/h2,5,8H,3-4,6H2,1H3,(H,13,16). The summed E-state index contributed by atoms with van der Waals surface area (Å²) < 4.78 is 0. The number of hydrogen-bond acceptors (Lipinski definition) is 2. The molecule has 1 N–H and O–H groups in total. The number of hydrogen-bond donors (Lipinski definition) is 1. The zero-order valence-corrected chi connectivity index (χ0v) is 9.75. The van der Waals surface area contributed by atoms with Crippen LogP contribution in [0.3, 0.4) is 0 Å². The van der Waals surface area contributed by atoms with Gasteiger partial charge in [0.15, 0.2) is 0 Å². The van der Waals surface area contributed by atoms with Crippen molar-refractivity contribution in [3.8, 4) is 0 Å². The fraction of sp³-hybridized carbons (Fsp3) is 0.455. The molecule has 0 spiro atoms. The van der Waals surface area contributed by atoms with Crippen molar-refractivity contribution in [3.05, 3.63) is 28.2 Å². The maximum Gasteiger partial charge on any atom is 0.271 e. The van der Waals surface area contributed by atoms with Gasteiger partial charge in [-0.15, -0.1) is 11.6 Å². The highest BCUT2D eigenvalue weighted by molar-refractivity contribution is 6.18. The fourth-order valence-electron chi connectivity index (χ4n) is 1.89. The van der Waals surface area contributed by atoms with Gasteiger partial charge in [0.25, 0.3) is 5.56 Å². The lowest BCUT2D eigenvalue weighted by Gasteiger charge is -2.15. The van der Waals surface area contributed by atoms with Gasteiger partial charge in [-0.3, -0.25) is 9.59 Å². The summed E-state index contributed by atoms with van der Waals surface area (Å²) in [6, 6.07) is 1.73. The highest BCUT2D eigenvalue weighted by atomic mass is 35.5. The third-order valence-corrected chi connectivity index (χ3v) is 3.18. The number of halogens is 1. The van der Waals surface area contributed by atoms with Gasteiger partial charge in [-0.1, -0.05) is 0 Å². The Morgan fingerprint density at radius 1 is 1.56 bits per heavy atom. The first kappa shape index (κ1) is 11.2. The first-order valence-electron chi connectivity index (χ1n) is 5.17. The van der Waals surface area contributed by atoms with Crippen molar-refractivity contribution in [1.82, 2.24) is 4.98 Å². The van der Waals surface area contributed by atoms with E-state index in [1.165, 1.54) is 4.90 Å². The Hall–Kier alpha value is -1.29. The molecule has 4 nitrogen and oxygen atoms in total. The number of anilines is 1. The van der Waals surface area contributed by atoms with E-state index in [9.17, 15) is 9.59 Å². The van der Waals surface area contributed by atoms with Crippen LogP contribution in [0.15, 0.2) is 17.1 Å². The van der Waals surface area contributed by atoms with Gasteiger partial charge in [0.2, 0.25) is 5.91 Å².